The Morgan fingerprint density at radius 2 is 1.70 bits per heavy atom. The number of hydrogen-bond donors (Lipinski definition) is 2. The minimum absolute atomic E-state index is 0.0211. The third kappa shape index (κ3) is 5.70. The van der Waals surface area contributed by atoms with Crippen molar-refractivity contribution in [1.82, 2.24) is 5.32 Å². The van der Waals surface area contributed by atoms with Gasteiger partial charge in [-0.1, -0.05) is 11.8 Å². The molecule has 1 aromatic rings. The molecule has 0 aromatic heterocycles. The van der Waals surface area contributed by atoms with Gasteiger partial charge in [0.25, 0.3) is 0 Å². The molecule has 146 valence electrons. The number of amides is 1. The number of rotatable bonds is 4. The molecule has 0 spiro atoms. The van der Waals surface area contributed by atoms with E-state index in [1.807, 2.05) is 0 Å². The zero-order chi connectivity index (χ0) is 20.4. The summed E-state index contributed by atoms with van der Waals surface area (Å²) >= 11 is 0.732. The van der Waals surface area contributed by atoms with Crippen molar-refractivity contribution in [2.75, 3.05) is 0 Å². The van der Waals surface area contributed by atoms with Crippen LogP contribution in [-0.2, 0) is 21.9 Å². The Bertz CT molecular complexity index is 787. The van der Waals surface area contributed by atoms with Crippen LogP contribution in [0.1, 0.15) is 23.1 Å². The van der Waals surface area contributed by atoms with Crippen LogP contribution in [-0.4, -0.2) is 33.6 Å². The van der Waals surface area contributed by atoms with Crippen molar-refractivity contribution in [3.8, 4) is 0 Å². The Balaban J connectivity index is 2.24. The van der Waals surface area contributed by atoms with Crippen LogP contribution in [0, 0.1) is 0 Å². The van der Waals surface area contributed by atoms with E-state index >= 15 is 0 Å². The summed E-state index contributed by atoms with van der Waals surface area (Å²) in [4.78, 5) is 22.1. The molecule has 1 saturated heterocycles. The second kappa shape index (κ2) is 7.58. The monoisotopic (exact) mass is 413 g/mol. The standard InChI is InChI=1S/C14H9F6N3O3S/c15-13(16,17)7-1-6(2-8(3-7)14(18,19)20)5-21-23-12-22-11(26)9(27-12)4-10(24)25/h1-3,5,9H,4H2,(H,24,25)(H,22,23,26). The quantitative estimate of drug-likeness (QED) is 0.451. The van der Waals surface area contributed by atoms with Gasteiger partial charge in [0, 0.05) is 0 Å². The fourth-order valence-electron chi connectivity index (χ4n) is 1.95. The smallest absolute Gasteiger partial charge is 0.416 e. The van der Waals surface area contributed by atoms with E-state index < -0.39 is 52.6 Å². The molecule has 0 saturated carbocycles. The van der Waals surface area contributed by atoms with Crippen molar-refractivity contribution in [1.29, 1.82) is 0 Å². The molecule has 27 heavy (non-hydrogen) atoms. The highest BCUT2D eigenvalue weighted by Crippen LogP contribution is 2.36. The lowest BCUT2D eigenvalue weighted by atomic mass is 10.1. The second-order valence-electron chi connectivity index (χ2n) is 5.18. The van der Waals surface area contributed by atoms with Crippen molar-refractivity contribution < 1.29 is 41.0 Å². The number of halogens is 6. The molecule has 1 aliphatic rings. The molecular formula is C14H9F6N3O3S. The Kier molecular flexibility index (Phi) is 5.82. The summed E-state index contributed by atoms with van der Waals surface area (Å²) in [5.41, 5.74) is -3.51. The summed E-state index contributed by atoms with van der Waals surface area (Å²) in [6.07, 6.45) is -9.80. The van der Waals surface area contributed by atoms with Crippen LogP contribution in [0.3, 0.4) is 0 Å². The molecule has 1 aliphatic heterocycles. The topological polar surface area (TPSA) is 91.1 Å². The zero-order valence-corrected chi connectivity index (χ0v) is 13.7. The Morgan fingerprint density at radius 3 is 2.19 bits per heavy atom. The van der Waals surface area contributed by atoms with Gasteiger partial charge in [0.2, 0.25) is 5.91 Å². The Hall–Kier alpha value is -2.57. The largest absolute Gasteiger partial charge is 0.481 e. The zero-order valence-electron chi connectivity index (χ0n) is 12.9. The van der Waals surface area contributed by atoms with Gasteiger partial charge in [-0.3, -0.25) is 9.59 Å². The summed E-state index contributed by atoms with van der Waals surface area (Å²) in [6, 6.07) is 0.909. The molecule has 6 nitrogen and oxygen atoms in total. The van der Waals surface area contributed by atoms with Gasteiger partial charge in [-0.25, -0.2) is 0 Å². The molecule has 13 heteroatoms. The van der Waals surface area contributed by atoms with Crippen molar-refractivity contribution in [3.05, 3.63) is 34.9 Å². The van der Waals surface area contributed by atoms with Crippen molar-refractivity contribution in [2.24, 2.45) is 10.2 Å². The predicted molar refractivity (Wildman–Crippen MR) is 83.2 cm³/mol. The number of carbonyl (C=O) groups excluding carboxylic acids is 1. The fraction of sp³-hybridized carbons (Fsp3) is 0.286. The van der Waals surface area contributed by atoms with E-state index in [1.165, 1.54) is 0 Å². The van der Waals surface area contributed by atoms with Gasteiger partial charge in [0.05, 0.1) is 23.8 Å². The predicted octanol–water partition coefficient (Wildman–Crippen LogP) is 3.12. The van der Waals surface area contributed by atoms with Gasteiger partial charge in [0.1, 0.15) is 5.25 Å². The second-order valence-corrected chi connectivity index (χ2v) is 6.37. The van der Waals surface area contributed by atoms with Gasteiger partial charge in [-0.05, 0) is 23.8 Å². The molecule has 1 atom stereocenters. The van der Waals surface area contributed by atoms with Gasteiger partial charge in [-0.2, -0.15) is 31.4 Å². The summed E-state index contributed by atoms with van der Waals surface area (Å²) < 4.78 is 76.5. The summed E-state index contributed by atoms with van der Waals surface area (Å²) in [5.74, 6) is -1.87. The molecule has 0 bridgehead atoms. The first-order valence-corrected chi connectivity index (χ1v) is 7.84. The van der Waals surface area contributed by atoms with Crippen LogP contribution >= 0.6 is 11.8 Å². The first-order valence-electron chi connectivity index (χ1n) is 6.96. The van der Waals surface area contributed by atoms with Gasteiger partial charge < -0.3 is 10.4 Å². The van der Waals surface area contributed by atoms with E-state index in [2.05, 4.69) is 15.5 Å². The first kappa shape index (κ1) is 20.7. The van der Waals surface area contributed by atoms with Gasteiger partial charge in [0.15, 0.2) is 5.17 Å². The molecule has 2 rings (SSSR count). The maximum atomic E-state index is 12.8. The molecule has 0 radical (unpaired) electrons. The van der Waals surface area contributed by atoms with E-state index in [1.54, 1.807) is 0 Å². The van der Waals surface area contributed by atoms with Crippen LogP contribution in [0.25, 0.3) is 0 Å². The summed E-state index contributed by atoms with van der Waals surface area (Å²) in [5, 5.41) is 16.6. The number of carbonyl (C=O) groups is 2. The number of alkyl halides is 6. The molecule has 1 amide bonds. The van der Waals surface area contributed by atoms with Crippen LogP contribution in [0.15, 0.2) is 28.4 Å². The average molecular weight is 413 g/mol. The molecule has 1 heterocycles. The first-order chi connectivity index (χ1) is 12.4. The lowest BCUT2D eigenvalue weighted by Gasteiger charge is -2.12. The molecule has 2 N–H and O–H groups in total. The van der Waals surface area contributed by atoms with Crippen LogP contribution in [0.5, 0.6) is 0 Å². The summed E-state index contributed by atoms with van der Waals surface area (Å²) in [6.45, 7) is 0. The molecular weight excluding hydrogens is 404 g/mol. The van der Waals surface area contributed by atoms with E-state index in [0.717, 1.165) is 11.8 Å². The van der Waals surface area contributed by atoms with E-state index in [0.29, 0.717) is 18.3 Å². The molecule has 1 fully saturated rings. The third-order valence-corrected chi connectivity index (χ3v) is 4.17. The fourth-order valence-corrected chi connectivity index (χ4v) is 2.86. The normalized spacial score (nSPS) is 19.7. The Labute approximate surface area is 151 Å². The average Bonchev–Trinajstić information content (AvgIpc) is 2.84. The number of aliphatic carboxylic acids is 1. The van der Waals surface area contributed by atoms with E-state index in [-0.39, 0.29) is 11.2 Å². The number of benzene rings is 1. The summed E-state index contributed by atoms with van der Waals surface area (Å²) in [7, 11) is 0. The van der Waals surface area contributed by atoms with Crippen LogP contribution in [0.2, 0.25) is 0 Å². The lowest BCUT2D eigenvalue weighted by Crippen LogP contribution is -2.26. The van der Waals surface area contributed by atoms with Crippen molar-refractivity contribution >= 4 is 35.0 Å². The number of carboxylic acid groups (broad SMARTS) is 1. The highest BCUT2D eigenvalue weighted by molar-refractivity contribution is 8.15. The molecule has 1 unspecified atom stereocenters. The highest BCUT2D eigenvalue weighted by Gasteiger charge is 2.37. The van der Waals surface area contributed by atoms with E-state index in [9.17, 15) is 35.9 Å². The van der Waals surface area contributed by atoms with Gasteiger partial charge >= 0.3 is 18.3 Å². The highest BCUT2D eigenvalue weighted by atomic mass is 32.2. The minimum Gasteiger partial charge on any atom is -0.481 e. The molecule has 0 aliphatic carbocycles. The number of hydrogen-bond acceptors (Lipinski definition) is 5. The minimum atomic E-state index is -4.99. The number of nitrogens with one attached hydrogen (secondary N) is 1. The number of nitrogens with zero attached hydrogens (tertiary/aromatic N) is 2. The van der Waals surface area contributed by atoms with Crippen LogP contribution < -0.4 is 5.32 Å². The molecule has 1 aromatic carbocycles. The Morgan fingerprint density at radius 1 is 1.15 bits per heavy atom. The maximum Gasteiger partial charge on any atom is 0.416 e. The number of carboxylic acids is 1. The van der Waals surface area contributed by atoms with Crippen molar-refractivity contribution in [2.45, 2.75) is 24.0 Å². The third-order valence-electron chi connectivity index (χ3n) is 3.10. The van der Waals surface area contributed by atoms with Gasteiger partial charge in [-0.15, -0.1) is 5.10 Å². The maximum absolute atomic E-state index is 12.8. The lowest BCUT2D eigenvalue weighted by molar-refractivity contribution is -0.143. The number of thioether (sulfide) groups is 1. The van der Waals surface area contributed by atoms with Crippen molar-refractivity contribution in [3.63, 3.8) is 0 Å². The SMILES string of the molecule is O=C(O)CC1SC(=NN=Cc2cc(C(F)(F)F)cc(C(F)(F)F)c2)NC1=O. The van der Waals surface area contributed by atoms with Crippen LogP contribution in [0.4, 0.5) is 26.3 Å². The van der Waals surface area contributed by atoms with E-state index in [4.69, 9.17) is 5.11 Å². The number of amidine groups is 1.